The summed E-state index contributed by atoms with van der Waals surface area (Å²) in [6.07, 6.45) is 6.09. The fraction of sp³-hybridized carbons (Fsp3) is 0.0588. The number of rotatable bonds is 5. The van der Waals surface area contributed by atoms with E-state index >= 15 is 0 Å². The summed E-state index contributed by atoms with van der Waals surface area (Å²) >= 11 is 0. The number of nitrogens with zero attached hydrogens (tertiary/aromatic N) is 5. The molecule has 3 rings (SSSR count). The predicted octanol–water partition coefficient (Wildman–Crippen LogP) is 1.56. The van der Waals surface area contributed by atoms with E-state index in [4.69, 9.17) is 11.0 Å². The van der Waals surface area contributed by atoms with Gasteiger partial charge in [0, 0.05) is 42.5 Å². The zero-order chi connectivity index (χ0) is 17.6. The second kappa shape index (κ2) is 7.14. The van der Waals surface area contributed by atoms with Gasteiger partial charge >= 0.3 is 0 Å². The third kappa shape index (κ3) is 3.92. The zero-order valence-electron chi connectivity index (χ0n) is 13.0. The van der Waals surface area contributed by atoms with E-state index in [9.17, 15) is 4.79 Å². The van der Waals surface area contributed by atoms with Crippen molar-refractivity contribution < 1.29 is 4.79 Å². The van der Waals surface area contributed by atoms with E-state index in [2.05, 4.69) is 25.3 Å². The fourth-order valence-electron chi connectivity index (χ4n) is 2.07. The Labute approximate surface area is 143 Å². The SMILES string of the molecule is N#Cc1cccc(C(=O)c2cnc(NCc3cnc(N)nc3)nc2)c1. The molecule has 0 unspecified atom stereocenters. The van der Waals surface area contributed by atoms with Gasteiger partial charge in [-0.25, -0.2) is 19.9 Å². The minimum atomic E-state index is -0.240. The van der Waals surface area contributed by atoms with Gasteiger partial charge in [-0.1, -0.05) is 12.1 Å². The molecule has 3 aromatic rings. The van der Waals surface area contributed by atoms with Crippen molar-refractivity contribution in [3.05, 3.63) is 71.3 Å². The summed E-state index contributed by atoms with van der Waals surface area (Å²) in [6.45, 7) is 0.428. The Bertz CT molecular complexity index is 930. The molecule has 3 N–H and O–H groups in total. The Morgan fingerprint density at radius 3 is 2.48 bits per heavy atom. The number of aromatic nitrogens is 4. The second-order valence-corrected chi connectivity index (χ2v) is 5.12. The van der Waals surface area contributed by atoms with E-state index in [0.717, 1.165) is 5.56 Å². The molecule has 8 heteroatoms. The first-order valence-electron chi connectivity index (χ1n) is 7.33. The van der Waals surface area contributed by atoms with Crippen LogP contribution in [0.15, 0.2) is 49.1 Å². The number of ketones is 1. The minimum Gasteiger partial charge on any atom is -0.368 e. The molecule has 0 aliphatic rings. The average Bonchev–Trinajstić information content (AvgIpc) is 2.67. The molecule has 0 amide bonds. The van der Waals surface area contributed by atoms with Crippen LogP contribution in [0.3, 0.4) is 0 Å². The third-order valence-electron chi connectivity index (χ3n) is 3.34. The van der Waals surface area contributed by atoms with Crippen molar-refractivity contribution in [1.82, 2.24) is 19.9 Å². The summed E-state index contributed by atoms with van der Waals surface area (Å²) in [4.78, 5) is 28.4. The lowest BCUT2D eigenvalue weighted by Crippen LogP contribution is -2.07. The molecule has 8 nitrogen and oxygen atoms in total. The van der Waals surface area contributed by atoms with E-state index in [-0.39, 0.29) is 11.7 Å². The molecular formula is C17H13N7O. The van der Waals surface area contributed by atoms with Crippen molar-refractivity contribution in [3.8, 4) is 6.07 Å². The average molecular weight is 331 g/mol. The molecule has 2 aromatic heterocycles. The van der Waals surface area contributed by atoms with Gasteiger partial charge < -0.3 is 11.1 Å². The highest BCUT2D eigenvalue weighted by Gasteiger charge is 2.11. The fourth-order valence-corrected chi connectivity index (χ4v) is 2.07. The largest absolute Gasteiger partial charge is 0.368 e. The van der Waals surface area contributed by atoms with Gasteiger partial charge in [-0.3, -0.25) is 4.79 Å². The Morgan fingerprint density at radius 1 is 1.08 bits per heavy atom. The maximum Gasteiger partial charge on any atom is 0.222 e. The van der Waals surface area contributed by atoms with Gasteiger partial charge in [0.25, 0.3) is 0 Å². The molecule has 0 saturated carbocycles. The standard InChI is InChI=1S/C17H13N7O/c18-5-11-2-1-3-13(4-11)15(25)14-9-23-17(24-10-14)22-8-12-6-20-16(19)21-7-12/h1-4,6-7,9-10H,8H2,(H2,19,20,21)(H,22,23,24). The van der Waals surface area contributed by atoms with Gasteiger partial charge in [-0.2, -0.15) is 5.26 Å². The van der Waals surface area contributed by atoms with Crippen LogP contribution in [0, 0.1) is 11.3 Å². The molecule has 0 bridgehead atoms. The van der Waals surface area contributed by atoms with Crippen LogP contribution in [-0.2, 0) is 6.54 Å². The Morgan fingerprint density at radius 2 is 1.80 bits per heavy atom. The van der Waals surface area contributed by atoms with Crippen molar-refractivity contribution >= 4 is 17.7 Å². The Balaban J connectivity index is 1.68. The normalized spacial score (nSPS) is 10.0. The quantitative estimate of drug-likeness (QED) is 0.673. The number of anilines is 2. The second-order valence-electron chi connectivity index (χ2n) is 5.12. The molecule has 122 valence electrons. The van der Waals surface area contributed by atoms with Crippen LogP contribution in [0.5, 0.6) is 0 Å². The van der Waals surface area contributed by atoms with E-state index in [1.54, 1.807) is 30.6 Å². The molecule has 0 atom stereocenters. The molecule has 0 aliphatic heterocycles. The number of nitriles is 1. The van der Waals surface area contributed by atoms with Gasteiger partial charge in [-0.05, 0) is 12.1 Å². The topological polar surface area (TPSA) is 130 Å². The lowest BCUT2D eigenvalue weighted by atomic mass is 10.0. The summed E-state index contributed by atoms with van der Waals surface area (Å²) < 4.78 is 0. The zero-order valence-corrected chi connectivity index (χ0v) is 13.0. The Kier molecular flexibility index (Phi) is 4.58. The summed E-state index contributed by atoms with van der Waals surface area (Å²) in [5.74, 6) is 0.345. The smallest absolute Gasteiger partial charge is 0.222 e. The molecule has 0 saturated heterocycles. The van der Waals surface area contributed by atoms with Gasteiger partial charge in [0.15, 0.2) is 5.78 Å². The lowest BCUT2D eigenvalue weighted by molar-refractivity contribution is 0.103. The third-order valence-corrected chi connectivity index (χ3v) is 3.34. The summed E-state index contributed by atoms with van der Waals surface area (Å²) in [5.41, 5.74) is 7.44. The highest BCUT2D eigenvalue weighted by atomic mass is 16.1. The Hall–Kier alpha value is -3.86. The summed E-state index contributed by atoms with van der Waals surface area (Å²) in [5, 5.41) is 11.9. The molecular weight excluding hydrogens is 318 g/mol. The van der Waals surface area contributed by atoms with Crippen LogP contribution in [0.1, 0.15) is 27.0 Å². The predicted molar refractivity (Wildman–Crippen MR) is 90.4 cm³/mol. The monoisotopic (exact) mass is 331 g/mol. The molecule has 1 aromatic carbocycles. The van der Waals surface area contributed by atoms with E-state index in [0.29, 0.717) is 29.2 Å². The van der Waals surface area contributed by atoms with Crippen LogP contribution in [0.4, 0.5) is 11.9 Å². The van der Waals surface area contributed by atoms with Gasteiger partial charge in [-0.15, -0.1) is 0 Å². The number of carbonyl (C=O) groups is 1. The van der Waals surface area contributed by atoms with Crippen molar-refractivity contribution in [2.45, 2.75) is 6.54 Å². The van der Waals surface area contributed by atoms with Crippen LogP contribution in [0.25, 0.3) is 0 Å². The van der Waals surface area contributed by atoms with Crippen LogP contribution in [-0.4, -0.2) is 25.7 Å². The number of carbonyl (C=O) groups excluding carboxylic acids is 1. The first kappa shape index (κ1) is 16.0. The van der Waals surface area contributed by atoms with Crippen molar-refractivity contribution in [2.75, 3.05) is 11.1 Å². The summed E-state index contributed by atoms with van der Waals surface area (Å²) in [6, 6.07) is 8.50. The van der Waals surface area contributed by atoms with Crippen molar-refractivity contribution in [1.29, 1.82) is 5.26 Å². The molecule has 0 spiro atoms. The molecule has 2 heterocycles. The van der Waals surface area contributed by atoms with Gasteiger partial charge in [0.1, 0.15) is 0 Å². The number of nitrogen functional groups attached to an aromatic ring is 1. The van der Waals surface area contributed by atoms with Crippen molar-refractivity contribution in [3.63, 3.8) is 0 Å². The van der Waals surface area contributed by atoms with Gasteiger partial charge in [0.2, 0.25) is 11.9 Å². The first-order chi connectivity index (χ1) is 12.2. The number of hydrogen-bond donors (Lipinski definition) is 2. The lowest BCUT2D eigenvalue weighted by Gasteiger charge is -2.05. The number of nitrogens with one attached hydrogen (secondary N) is 1. The van der Waals surface area contributed by atoms with E-state index in [1.165, 1.54) is 18.5 Å². The maximum absolute atomic E-state index is 12.4. The molecule has 25 heavy (non-hydrogen) atoms. The minimum absolute atomic E-state index is 0.211. The maximum atomic E-state index is 12.4. The molecule has 0 fully saturated rings. The summed E-state index contributed by atoms with van der Waals surface area (Å²) in [7, 11) is 0. The van der Waals surface area contributed by atoms with Crippen molar-refractivity contribution in [2.24, 2.45) is 0 Å². The van der Waals surface area contributed by atoms with Gasteiger partial charge in [0.05, 0.1) is 17.2 Å². The highest BCUT2D eigenvalue weighted by molar-refractivity contribution is 6.08. The van der Waals surface area contributed by atoms with E-state index in [1.807, 2.05) is 6.07 Å². The van der Waals surface area contributed by atoms with Crippen LogP contribution >= 0.6 is 0 Å². The number of nitrogens with two attached hydrogens (primary N) is 1. The molecule has 0 radical (unpaired) electrons. The molecule has 0 aliphatic carbocycles. The van der Waals surface area contributed by atoms with Crippen LogP contribution in [0.2, 0.25) is 0 Å². The first-order valence-corrected chi connectivity index (χ1v) is 7.33. The highest BCUT2D eigenvalue weighted by Crippen LogP contribution is 2.11. The number of hydrogen-bond acceptors (Lipinski definition) is 8. The number of benzene rings is 1. The van der Waals surface area contributed by atoms with Crippen LogP contribution < -0.4 is 11.1 Å². The van der Waals surface area contributed by atoms with E-state index < -0.39 is 0 Å².